The van der Waals surface area contributed by atoms with Gasteiger partial charge in [0.05, 0.1) is 30.6 Å². The monoisotopic (exact) mass is 617 g/mol. The SMILES string of the molecule is CC1(C)OCC(CNC(=O)c2cccc(N(C3CN(C(c4ccc(Cl)cc4)c4ccc(Cl)cc4)C3)S(C)(=O)=O)c2)O1. The Kier molecular flexibility index (Phi) is 8.66. The van der Waals surface area contributed by atoms with Gasteiger partial charge in [-0.2, -0.15) is 0 Å². The molecule has 3 aromatic rings. The summed E-state index contributed by atoms with van der Waals surface area (Å²) in [7, 11) is -3.64. The molecule has 2 saturated heterocycles. The van der Waals surface area contributed by atoms with E-state index >= 15 is 0 Å². The van der Waals surface area contributed by atoms with Crippen LogP contribution in [0.4, 0.5) is 5.69 Å². The maximum Gasteiger partial charge on any atom is 0.251 e. The fraction of sp³-hybridized carbons (Fsp3) is 0.367. The van der Waals surface area contributed by atoms with Crippen LogP contribution in [-0.4, -0.2) is 69.7 Å². The Labute approximate surface area is 251 Å². The smallest absolute Gasteiger partial charge is 0.251 e. The minimum atomic E-state index is -3.64. The standard InChI is InChI=1S/C30H33Cl2N3O5S/c1-30(2)39-19-27(40-30)16-33-29(36)22-5-4-6-25(15-22)35(41(3,37)38)26-17-34(18-26)28(20-7-11-23(31)12-8-20)21-9-13-24(32)14-10-21/h4-15,26-28H,16-19H2,1-3H3,(H,33,36). The van der Waals surface area contributed by atoms with Crippen LogP contribution in [0.25, 0.3) is 0 Å². The van der Waals surface area contributed by atoms with E-state index in [1.54, 1.807) is 24.3 Å². The molecule has 1 N–H and O–H groups in total. The summed E-state index contributed by atoms with van der Waals surface area (Å²) in [6, 6.07) is 21.6. The first kappa shape index (κ1) is 29.8. The van der Waals surface area contributed by atoms with Crippen molar-refractivity contribution in [2.75, 3.05) is 36.8 Å². The van der Waals surface area contributed by atoms with E-state index in [2.05, 4.69) is 10.2 Å². The fourth-order valence-corrected chi connectivity index (χ4v) is 6.80. The average Bonchev–Trinajstić information content (AvgIpc) is 3.25. The maximum absolute atomic E-state index is 13.0. The number of hydrogen-bond acceptors (Lipinski definition) is 6. The van der Waals surface area contributed by atoms with Crippen LogP contribution in [0.2, 0.25) is 10.0 Å². The van der Waals surface area contributed by atoms with Gasteiger partial charge in [-0.3, -0.25) is 14.0 Å². The van der Waals surface area contributed by atoms with E-state index < -0.39 is 15.8 Å². The quantitative estimate of drug-likeness (QED) is 0.359. The minimum absolute atomic E-state index is 0.105. The van der Waals surface area contributed by atoms with Crippen LogP contribution in [-0.2, 0) is 19.5 Å². The van der Waals surface area contributed by atoms with Gasteiger partial charge in [-0.15, -0.1) is 0 Å². The Morgan fingerprint density at radius 1 is 1.02 bits per heavy atom. The summed E-state index contributed by atoms with van der Waals surface area (Å²) in [6.45, 7) is 5.32. The second-order valence-electron chi connectivity index (χ2n) is 10.9. The number of amides is 1. The lowest BCUT2D eigenvalue weighted by atomic mass is 9.93. The molecule has 0 aromatic heterocycles. The molecule has 0 spiro atoms. The van der Waals surface area contributed by atoms with Crippen molar-refractivity contribution in [2.24, 2.45) is 0 Å². The number of carbonyl (C=O) groups excluding carboxylic acids is 1. The van der Waals surface area contributed by atoms with Gasteiger partial charge in [0.25, 0.3) is 5.91 Å². The van der Waals surface area contributed by atoms with Gasteiger partial charge >= 0.3 is 0 Å². The van der Waals surface area contributed by atoms with Crippen LogP contribution >= 0.6 is 23.2 Å². The van der Waals surface area contributed by atoms with Gasteiger partial charge in [0.2, 0.25) is 10.0 Å². The summed E-state index contributed by atoms with van der Waals surface area (Å²) in [4.78, 5) is 15.2. The minimum Gasteiger partial charge on any atom is -0.349 e. The lowest BCUT2D eigenvalue weighted by Crippen LogP contribution is -2.61. The van der Waals surface area contributed by atoms with Crippen LogP contribution < -0.4 is 9.62 Å². The topological polar surface area (TPSA) is 88.2 Å². The number of halogens is 2. The average molecular weight is 619 g/mol. The molecule has 2 aliphatic heterocycles. The first-order valence-corrected chi connectivity index (χ1v) is 15.9. The molecule has 0 aliphatic carbocycles. The van der Waals surface area contributed by atoms with Crippen molar-refractivity contribution in [3.63, 3.8) is 0 Å². The van der Waals surface area contributed by atoms with E-state index in [1.165, 1.54) is 10.6 Å². The first-order chi connectivity index (χ1) is 19.4. The zero-order chi connectivity index (χ0) is 29.4. The van der Waals surface area contributed by atoms with Crippen molar-refractivity contribution in [2.45, 2.75) is 37.8 Å². The summed E-state index contributed by atoms with van der Waals surface area (Å²) in [5.74, 6) is -0.989. The number of anilines is 1. The predicted octanol–water partition coefficient (Wildman–Crippen LogP) is 5.11. The number of rotatable bonds is 9. The third kappa shape index (κ3) is 7.05. The molecule has 41 heavy (non-hydrogen) atoms. The normalized spacial score (nSPS) is 19.2. The van der Waals surface area contributed by atoms with Crippen LogP contribution in [0.3, 0.4) is 0 Å². The number of benzene rings is 3. The molecule has 218 valence electrons. The highest BCUT2D eigenvalue weighted by atomic mass is 35.5. The van der Waals surface area contributed by atoms with E-state index in [1.807, 2.05) is 62.4 Å². The first-order valence-electron chi connectivity index (χ1n) is 13.3. The van der Waals surface area contributed by atoms with Gasteiger partial charge in [-0.1, -0.05) is 53.5 Å². The Hall–Kier alpha value is -2.66. The molecular weight excluding hydrogens is 585 g/mol. The number of hydrogen-bond donors (Lipinski definition) is 1. The molecule has 1 amide bonds. The lowest BCUT2D eigenvalue weighted by molar-refractivity contribution is -0.137. The highest BCUT2D eigenvalue weighted by Gasteiger charge is 2.41. The number of nitrogens with zero attached hydrogens (tertiary/aromatic N) is 2. The number of ether oxygens (including phenoxy) is 2. The molecule has 3 aromatic carbocycles. The molecular formula is C30H33Cl2N3O5S. The highest BCUT2D eigenvalue weighted by Crippen LogP contribution is 2.36. The third-order valence-electron chi connectivity index (χ3n) is 7.24. The largest absolute Gasteiger partial charge is 0.349 e. The van der Waals surface area contributed by atoms with Crippen molar-refractivity contribution in [3.05, 3.63) is 99.5 Å². The van der Waals surface area contributed by atoms with E-state index in [9.17, 15) is 13.2 Å². The van der Waals surface area contributed by atoms with Gasteiger partial charge in [-0.25, -0.2) is 8.42 Å². The molecule has 5 rings (SSSR count). The molecule has 0 bridgehead atoms. The predicted molar refractivity (Wildman–Crippen MR) is 161 cm³/mol. The van der Waals surface area contributed by atoms with Crippen LogP contribution in [0, 0.1) is 0 Å². The van der Waals surface area contributed by atoms with Crippen molar-refractivity contribution in [1.82, 2.24) is 10.2 Å². The van der Waals surface area contributed by atoms with Crippen LogP contribution in [0.15, 0.2) is 72.8 Å². The Balaban J connectivity index is 1.33. The third-order valence-corrected chi connectivity index (χ3v) is 8.96. The molecule has 0 saturated carbocycles. The second-order valence-corrected chi connectivity index (χ2v) is 13.6. The van der Waals surface area contributed by atoms with Gasteiger partial charge in [0, 0.05) is 35.2 Å². The number of carbonyl (C=O) groups is 1. The summed E-state index contributed by atoms with van der Waals surface area (Å²) < 4.78 is 38.8. The number of likely N-dealkylation sites (tertiary alicyclic amines) is 1. The number of sulfonamides is 1. The van der Waals surface area contributed by atoms with Crippen LogP contribution in [0.1, 0.15) is 41.4 Å². The van der Waals surface area contributed by atoms with Crippen molar-refractivity contribution >= 4 is 44.8 Å². The molecule has 1 atom stereocenters. The molecule has 1 unspecified atom stereocenters. The zero-order valence-electron chi connectivity index (χ0n) is 23.1. The zero-order valence-corrected chi connectivity index (χ0v) is 25.4. The Morgan fingerprint density at radius 2 is 1.61 bits per heavy atom. The molecule has 2 aliphatic rings. The van der Waals surface area contributed by atoms with E-state index in [0.29, 0.717) is 41.0 Å². The van der Waals surface area contributed by atoms with Crippen molar-refractivity contribution in [1.29, 1.82) is 0 Å². The van der Waals surface area contributed by atoms with Crippen LogP contribution in [0.5, 0.6) is 0 Å². The van der Waals surface area contributed by atoms with Crippen molar-refractivity contribution in [3.8, 4) is 0 Å². The highest BCUT2D eigenvalue weighted by molar-refractivity contribution is 7.92. The molecule has 2 fully saturated rings. The molecule has 8 nitrogen and oxygen atoms in total. The van der Waals surface area contributed by atoms with Crippen molar-refractivity contribution < 1.29 is 22.7 Å². The molecule has 0 radical (unpaired) electrons. The summed E-state index contributed by atoms with van der Waals surface area (Å²) in [5.41, 5.74) is 2.89. The van der Waals surface area contributed by atoms with Gasteiger partial charge in [0.1, 0.15) is 6.10 Å². The molecule has 11 heteroatoms. The van der Waals surface area contributed by atoms with E-state index in [-0.39, 0.29) is 30.6 Å². The van der Waals surface area contributed by atoms with Gasteiger partial charge < -0.3 is 14.8 Å². The fourth-order valence-electron chi connectivity index (χ4n) is 5.38. The van der Waals surface area contributed by atoms with E-state index in [0.717, 1.165) is 11.1 Å². The Morgan fingerprint density at radius 3 is 2.12 bits per heavy atom. The summed E-state index contributed by atoms with van der Waals surface area (Å²) in [5, 5.41) is 4.16. The van der Waals surface area contributed by atoms with Gasteiger partial charge in [-0.05, 0) is 67.4 Å². The summed E-state index contributed by atoms with van der Waals surface area (Å²) >= 11 is 12.3. The molecule has 2 heterocycles. The maximum atomic E-state index is 13.0. The van der Waals surface area contributed by atoms with E-state index in [4.69, 9.17) is 32.7 Å². The summed E-state index contributed by atoms with van der Waals surface area (Å²) in [6.07, 6.45) is 0.942. The Bertz CT molecular complexity index is 1450. The second kappa shape index (κ2) is 11.9. The van der Waals surface area contributed by atoms with Gasteiger partial charge in [0.15, 0.2) is 5.79 Å². The lowest BCUT2D eigenvalue weighted by Gasteiger charge is -2.48. The number of nitrogens with one attached hydrogen (secondary N) is 1.